The lowest BCUT2D eigenvalue weighted by molar-refractivity contribution is 0.628. The van der Waals surface area contributed by atoms with Gasteiger partial charge in [-0.2, -0.15) is 5.10 Å². The van der Waals surface area contributed by atoms with Gasteiger partial charge in [0.1, 0.15) is 0 Å². The lowest BCUT2D eigenvalue weighted by atomic mass is 10.2. The first kappa shape index (κ1) is 14.0. The standard InChI is InChI=1S/C15H21N3S/c1-4-13-9-14(18(5-2)17-13)10-19-15-8-12(16)7-6-11(15)3/h6-9H,4-5,10,16H2,1-3H3. The SMILES string of the molecule is CCc1cc(CSc2cc(N)ccc2C)n(CC)n1. The third-order valence-electron chi connectivity index (χ3n) is 3.16. The summed E-state index contributed by atoms with van der Waals surface area (Å²) in [6.07, 6.45) is 0.988. The van der Waals surface area contributed by atoms with Crippen molar-refractivity contribution < 1.29 is 0 Å². The molecule has 1 aromatic carbocycles. The topological polar surface area (TPSA) is 43.8 Å². The van der Waals surface area contributed by atoms with Crippen molar-refractivity contribution in [1.82, 2.24) is 9.78 Å². The Morgan fingerprint density at radius 1 is 1.26 bits per heavy atom. The van der Waals surface area contributed by atoms with Crippen LogP contribution in [0.1, 0.15) is 30.8 Å². The molecule has 0 spiro atoms. The van der Waals surface area contributed by atoms with E-state index in [9.17, 15) is 0 Å². The molecule has 0 aliphatic heterocycles. The van der Waals surface area contributed by atoms with Gasteiger partial charge in [0.25, 0.3) is 0 Å². The molecule has 1 heterocycles. The van der Waals surface area contributed by atoms with Gasteiger partial charge in [0.2, 0.25) is 0 Å². The van der Waals surface area contributed by atoms with Crippen LogP contribution in [0.15, 0.2) is 29.2 Å². The molecular formula is C15H21N3S. The van der Waals surface area contributed by atoms with Crippen molar-refractivity contribution >= 4 is 17.4 Å². The van der Waals surface area contributed by atoms with Gasteiger partial charge in [-0.15, -0.1) is 11.8 Å². The number of thioether (sulfide) groups is 1. The maximum Gasteiger partial charge on any atom is 0.0625 e. The maximum absolute atomic E-state index is 5.85. The van der Waals surface area contributed by atoms with Crippen molar-refractivity contribution in [2.24, 2.45) is 0 Å². The second-order valence-electron chi connectivity index (χ2n) is 4.61. The highest BCUT2D eigenvalue weighted by molar-refractivity contribution is 7.98. The second kappa shape index (κ2) is 6.15. The van der Waals surface area contributed by atoms with Crippen molar-refractivity contribution in [3.8, 4) is 0 Å². The lowest BCUT2D eigenvalue weighted by Gasteiger charge is -2.07. The van der Waals surface area contributed by atoms with E-state index in [1.165, 1.54) is 21.8 Å². The maximum atomic E-state index is 5.85. The van der Waals surface area contributed by atoms with Gasteiger partial charge in [-0.25, -0.2) is 0 Å². The molecule has 0 bridgehead atoms. The zero-order chi connectivity index (χ0) is 13.8. The minimum absolute atomic E-state index is 0.825. The summed E-state index contributed by atoms with van der Waals surface area (Å²) in [7, 11) is 0. The van der Waals surface area contributed by atoms with Gasteiger partial charge in [-0.1, -0.05) is 13.0 Å². The van der Waals surface area contributed by atoms with Crippen molar-refractivity contribution in [1.29, 1.82) is 0 Å². The summed E-state index contributed by atoms with van der Waals surface area (Å²) in [6, 6.07) is 8.28. The van der Waals surface area contributed by atoms with E-state index in [1.54, 1.807) is 0 Å². The summed E-state index contributed by atoms with van der Waals surface area (Å²) in [5.74, 6) is 0.936. The van der Waals surface area contributed by atoms with E-state index in [2.05, 4.69) is 42.7 Å². The summed E-state index contributed by atoms with van der Waals surface area (Å²) in [5.41, 5.74) is 10.4. The molecule has 0 amide bonds. The summed E-state index contributed by atoms with van der Waals surface area (Å²) in [4.78, 5) is 1.25. The molecule has 0 atom stereocenters. The molecule has 0 aliphatic rings. The molecule has 0 saturated carbocycles. The molecule has 2 rings (SSSR count). The van der Waals surface area contributed by atoms with E-state index < -0.39 is 0 Å². The molecule has 0 saturated heterocycles. The second-order valence-corrected chi connectivity index (χ2v) is 5.63. The molecular weight excluding hydrogens is 254 g/mol. The van der Waals surface area contributed by atoms with Crippen molar-refractivity contribution in [2.45, 2.75) is 44.4 Å². The summed E-state index contributed by atoms with van der Waals surface area (Å²) in [6.45, 7) is 7.32. The van der Waals surface area contributed by atoms with Gasteiger partial charge in [-0.3, -0.25) is 4.68 Å². The molecule has 0 unspecified atom stereocenters. The highest BCUT2D eigenvalue weighted by atomic mass is 32.2. The van der Waals surface area contributed by atoms with Crippen molar-refractivity contribution in [3.05, 3.63) is 41.2 Å². The number of nitrogens with two attached hydrogens (primary N) is 1. The van der Waals surface area contributed by atoms with Gasteiger partial charge in [-0.05, 0) is 44.0 Å². The number of nitrogen functional groups attached to an aromatic ring is 1. The van der Waals surface area contributed by atoms with Crippen LogP contribution in [-0.4, -0.2) is 9.78 Å². The first-order valence-corrected chi connectivity index (χ1v) is 7.67. The van der Waals surface area contributed by atoms with Crippen LogP contribution in [0, 0.1) is 6.92 Å². The number of hydrogen-bond acceptors (Lipinski definition) is 3. The Morgan fingerprint density at radius 2 is 2.05 bits per heavy atom. The molecule has 2 aromatic rings. The predicted octanol–water partition coefficient (Wildman–Crippen LogP) is 3.65. The van der Waals surface area contributed by atoms with Crippen LogP contribution < -0.4 is 5.73 Å². The van der Waals surface area contributed by atoms with Crippen molar-refractivity contribution in [2.75, 3.05) is 5.73 Å². The number of hydrogen-bond donors (Lipinski definition) is 1. The third kappa shape index (κ3) is 3.32. The fourth-order valence-corrected chi connectivity index (χ4v) is 3.05. The summed E-state index contributed by atoms with van der Waals surface area (Å²) in [5, 5.41) is 4.58. The third-order valence-corrected chi connectivity index (χ3v) is 4.35. The predicted molar refractivity (Wildman–Crippen MR) is 82.4 cm³/mol. The number of nitrogens with zero attached hydrogens (tertiary/aromatic N) is 2. The van der Waals surface area contributed by atoms with Gasteiger partial charge >= 0.3 is 0 Å². The van der Waals surface area contributed by atoms with Gasteiger partial charge in [0.05, 0.1) is 5.69 Å². The average molecular weight is 275 g/mol. The number of benzene rings is 1. The summed E-state index contributed by atoms with van der Waals surface area (Å²) < 4.78 is 2.09. The Morgan fingerprint density at radius 3 is 2.74 bits per heavy atom. The first-order valence-electron chi connectivity index (χ1n) is 6.68. The van der Waals surface area contributed by atoms with E-state index in [4.69, 9.17) is 5.73 Å². The molecule has 19 heavy (non-hydrogen) atoms. The van der Waals surface area contributed by atoms with Gasteiger partial charge in [0.15, 0.2) is 0 Å². The fraction of sp³-hybridized carbons (Fsp3) is 0.400. The zero-order valence-electron chi connectivity index (χ0n) is 11.8. The van der Waals surface area contributed by atoms with E-state index in [0.717, 1.165) is 24.4 Å². The molecule has 4 heteroatoms. The average Bonchev–Trinajstić information content (AvgIpc) is 2.82. The highest BCUT2D eigenvalue weighted by Crippen LogP contribution is 2.28. The van der Waals surface area contributed by atoms with E-state index in [1.807, 2.05) is 23.9 Å². The van der Waals surface area contributed by atoms with Crippen LogP contribution >= 0.6 is 11.8 Å². The summed E-state index contributed by atoms with van der Waals surface area (Å²) >= 11 is 1.83. The van der Waals surface area contributed by atoms with E-state index >= 15 is 0 Å². The number of aromatic nitrogens is 2. The Bertz CT molecular complexity index is 561. The monoisotopic (exact) mass is 275 g/mol. The number of aryl methyl sites for hydroxylation is 3. The lowest BCUT2D eigenvalue weighted by Crippen LogP contribution is -2.01. The van der Waals surface area contributed by atoms with Crippen LogP contribution in [-0.2, 0) is 18.7 Å². The normalized spacial score (nSPS) is 10.9. The van der Waals surface area contributed by atoms with Crippen LogP contribution in [0.5, 0.6) is 0 Å². The quantitative estimate of drug-likeness (QED) is 0.669. The minimum atomic E-state index is 0.825. The van der Waals surface area contributed by atoms with E-state index in [0.29, 0.717) is 0 Å². The highest BCUT2D eigenvalue weighted by Gasteiger charge is 2.07. The Kier molecular flexibility index (Phi) is 4.53. The fourth-order valence-electron chi connectivity index (χ4n) is 2.00. The Balaban J connectivity index is 2.13. The van der Waals surface area contributed by atoms with Crippen LogP contribution in [0.25, 0.3) is 0 Å². The van der Waals surface area contributed by atoms with Gasteiger partial charge in [0, 0.05) is 28.6 Å². The molecule has 2 N–H and O–H groups in total. The number of anilines is 1. The molecule has 102 valence electrons. The minimum Gasteiger partial charge on any atom is -0.399 e. The molecule has 0 fully saturated rings. The van der Waals surface area contributed by atoms with Crippen LogP contribution in [0.3, 0.4) is 0 Å². The molecule has 0 radical (unpaired) electrons. The molecule has 1 aromatic heterocycles. The van der Waals surface area contributed by atoms with Crippen LogP contribution in [0.4, 0.5) is 5.69 Å². The molecule has 3 nitrogen and oxygen atoms in total. The van der Waals surface area contributed by atoms with E-state index in [-0.39, 0.29) is 0 Å². The molecule has 0 aliphatic carbocycles. The first-order chi connectivity index (χ1) is 9.13. The Hall–Kier alpha value is -1.42. The van der Waals surface area contributed by atoms with Gasteiger partial charge < -0.3 is 5.73 Å². The zero-order valence-corrected chi connectivity index (χ0v) is 12.6. The number of rotatable bonds is 5. The Labute approximate surface area is 119 Å². The largest absolute Gasteiger partial charge is 0.399 e. The smallest absolute Gasteiger partial charge is 0.0625 e. The van der Waals surface area contributed by atoms with Crippen molar-refractivity contribution in [3.63, 3.8) is 0 Å². The van der Waals surface area contributed by atoms with Crippen LogP contribution in [0.2, 0.25) is 0 Å².